The van der Waals surface area contributed by atoms with E-state index in [1.807, 2.05) is 31.2 Å². The summed E-state index contributed by atoms with van der Waals surface area (Å²) in [4.78, 5) is 21.0. The van der Waals surface area contributed by atoms with E-state index in [4.69, 9.17) is 4.98 Å². The van der Waals surface area contributed by atoms with Gasteiger partial charge in [0.25, 0.3) is 0 Å². The number of aromatic nitrogens is 7. The number of rotatable bonds is 3. The first-order valence-corrected chi connectivity index (χ1v) is 11.1. The summed E-state index contributed by atoms with van der Waals surface area (Å²) in [5, 5.41) is 15.1. The van der Waals surface area contributed by atoms with Gasteiger partial charge in [0, 0.05) is 39.8 Å². The number of nitrogens with zero attached hydrogens (tertiary/aromatic N) is 5. The van der Waals surface area contributed by atoms with E-state index in [0.29, 0.717) is 17.3 Å². The molecule has 160 valence electrons. The van der Waals surface area contributed by atoms with Gasteiger partial charge in [-0.25, -0.2) is 4.98 Å². The fourth-order valence-corrected chi connectivity index (χ4v) is 4.95. The highest BCUT2D eigenvalue weighted by molar-refractivity contribution is 5.88. The summed E-state index contributed by atoms with van der Waals surface area (Å²) < 4.78 is 2.37. The Balaban J connectivity index is 1.57. The fraction of sp³-hybridized carbons (Fsp3) is 0.292. The summed E-state index contributed by atoms with van der Waals surface area (Å²) in [7, 11) is 0. The van der Waals surface area contributed by atoms with Crippen molar-refractivity contribution in [2.45, 2.75) is 45.1 Å². The number of pyridine rings is 1. The van der Waals surface area contributed by atoms with E-state index >= 15 is 0 Å². The largest absolute Gasteiger partial charge is 0.358 e. The number of hydrogen-bond acceptors (Lipinski definition) is 5. The lowest BCUT2D eigenvalue weighted by atomic mass is 9.94. The van der Waals surface area contributed by atoms with Crippen LogP contribution in [0.15, 0.2) is 47.3 Å². The lowest BCUT2D eigenvalue weighted by Crippen LogP contribution is -2.14. The Labute approximate surface area is 183 Å². The van der Waals surface area contributed by atoms with Gasteiger partial charge in [0.15, 0.2) is 5.43 Å². The van der Waals surface area contributed by atoms with E-state index in [1.54, 1.807) is 6.07 Å². The molecule has 6 rings (SSSR count). The molecule has 1 fully saturated rings. The van der Waals surface area contributed by atoms with Crippen LogP contribution >= 0.6 is 0 Å². The third-order valence-electron chi connectivity index (χ3n) is 6.46. The molecule has 32 heavy (non-hydrogen) atoms. The van der Waals surface area contributed by atoms with Crippen LogP contribution in [0.3, 0.4) is 0 Å². The van der Waals surface area contributed by atoms with Crippen molar-refractivity contribution in [1.29, 1.82) is 0 Å². The highest BCUT2D eigenvalue weighted by Crippen LogP contribution is 2.37. The Morgan fingerprint density at radius 3 is 2.66 bits per heavy atom. The lowest BCUT2D eigenvalue weighted by molar-refractivity contribution is 0.362. The molecule has 2 N–H and O–H groups in total. The van der Waals surface area contributed by atoms with Gasteiger partial charge in [0.2, 0.25) is 5.82 Å². The van der Waals surface area contributed by atoms with Gasteiger partial charge < -0.3 is 9.55 Å². The van der Waals surface area contributed by atoms with Crippen LogP contribution in [0.25, 0.3) is 44.7 Å². The van der Waals surface area contributed by atoms with Crippen LogP contribution in [0.1, 0.15) is 43.8 Å². The monoisotopic (exact) mass is 425 g/mol. The summed E-state index contributed by atoms with van der Waals surface area (Å²) in [6.45, 7) is 1.90. The highest BCUT2D eigenvalue weighted by Gasteiger charge is 2.23. The molecule has 1 aliphatic carbocycles. The first-order valence-electron chi connectivity index (χ1n) is 11.1. The molecule has 8 heteroatoms. The molecule has 2 aromatic carbocycles. The number of tetrazole rings is 1. The van der Waals surface area contributed by atoms with E-state index in [-0.39, 0.29) is 5.43 Å². The molecular formula is C24H23N7O. The zero-order valence-corrected chi connectivity index (χ0v) is 17.8. The molecule has 0 bridgehead atoms. The summed E-state index contributed by atoms with van der Waals surface area (Å²) in [5.41, 5.74) is 5.55. The molecule has 3 heterocycles. The summed E-state index contributed by atoms with van der Waals surface area (Å²) in [5.74, 6) is 1.45. The van der Waals surface area contributed by atoms with Crippen molar-refractivity contribution in [3.05, 3.63) is 58.4 Å². The van der Waals surface area contributed by atoms with Crippen molar-refractivity contribution in [3.8, 4) is 22.8 Å². The van der Waals surface area contributed by atoms with Crippen molar-refractivity contribution in [3.63, 3.8) is 0 Å². The SMILES string of the molecule is Cc1cc(=O)c2cc(-c3nc4cc(-c5nn[nH]n5)ccc4n3C3CCCCC3)ccc2[nH]1. The fourth-order valence-electron chi connectivity index (χ4n) is 4.95. The number of imidazole rings is 1. The number of nitrogens with one attached hydrogen (secondary N) is 2. The Morgan fingerprint density at radius 1 is 1.00 bits per heavy atom. The van der Waals surface area contributed by atoms with Crippen molar-refractivity contribution >= 4 is 21.9 Å². The molecule has 8 nitrogen and oxygen atoms in total. The Hall–Kier alpha value is -3.81. The maximum atomic E-state index is 12.6. The zero-order chi connectivity index (χ0) is 21.7. The van der Waals surface area contributed by atoms with Gasteiger partial charge in [-0.2, -0.15) is 5.21 Å². The third-order valence-corrected chi connectivity index (χ3v) is 6.46. The summed E-state index contributed by atoms with van der Waals surface area (Å²) >= 11 is 0. The van der Waals surface area contributed by atoms with Gasteiger partial charge in [-0.05, 0) is 61.4 Å². The molecule has 1 aliphatic rings. The minimum atomic E-state index is 0.0258. The number of aromatic amines is 2. The normalized spacial score (nSPS) is 15.0. The standard InChI is InChI=1S/C24H23N7O/c1-14-11-22(32)18-12-16(7-9-19(18)25-14)24-26-20-13-15(23-27-29-30-28-23)8-10-21(20)31(24)17-5-3-2-4-6-17/h7-13,17H,2-6H2,1H3,(H,25,32)(H,27,28,29,30). The minimum Gasteiger partial charge on any atom is -0.358 e. The second kappa shape index (κ2) is 7.40. The van der Waals surface area contributed by atoms with E-state index < -0.39 is 0 Å². The van der Waals surface area contributed by atoms with Gasteiger partial charge in [-0.15, -0.1) is 10.2 Å². The maximum absolute atomic E-state index is 12.6. The van der Waals surface area contributed by atoms with Gasteiger partial charge in [0.1, 0.15) is 5.82 Å². The van der Waals surface area contributed by atoms with E-state index in [0.717, 1.165) is 52.0 Å². The second-order valence-electron chi connectivity index (χ2n) is 8.61. The molecule has 0 aliphatic heterocycles. The van der Waals surface area contributed by atoms with E-state index in [9.17, 15) is 4.79 Å². The lowest BCUT2D eigenvalue weighted by Gasteiger charge is -2.25. The first-order chi connectivity index (χ1) is 15.7. The Morgan fingerprint density at radius 2 is 1.84 bits per heavy atom. The number of fused-ring (bicyclic) bond motifs is 2. The molecule has 0 atom stereocenters. The predicted octanol–water partition coefficient (Wildman–Crippen LogP) is 4.54. The Bertz CT molecular complexity index is 1490. The number of benzene rings is 2. The third kappa shape index (κ3) is 3.10. The molecule has 0 unspecified atom stereocenters. The first kappa shape index (κ1) is 18.9. The van der Waals surface area contributed by atoms with E-state index in [1.165, 1.54) is 19.3 Å². The van der Waals surface area contributed by atoms with Crippen LogP contribution in [0, 0.1) is 6.92 Å². The quantitative estimate of drug-likeness (QED) is 0.442. The van der Waals surface area contributed by atoms with Crippen LogP contribution in [0.5, 0.6) is 0 Å². The molecular weight excluding hydrogens is 402 g/mol. The minimum absolute atomic E-state index is 0.0258. The van der Waals surface area contributed by atoms with Crippen LogP contribution in [0.4, 0.5) is 0 Å². The molecule has 0 amide bonds. The van der Waals surface area contributed by atoms with Gasteiger partial charge in [-0.3, -0.25) is 4.79 Å². The van der Waals surface area contributed by atoms with Crippen molar-refractivity contribution < 1.29 is 0 Å². The van der Waals surface area contributed by atoms with E-state index in [2.05, 4.69) is 42.3 Å². The molecule has 1 saturated carbocycles. The molecule has 5 aromatic rings. The molecule has 0 spiro atoms. The highest BCUT2D eigenvalue weighted by atomic mass is 16.1. The van der Waals surface area contributed by atoms with Crippen molar-refractivity contribution in [1.82, 2.24) is 35.2 Å². The van der Waals surface area contributed by atoms with Crippen LogP contribution in [0.2, 0.25) is 0 Å². The van der Waals surface area contributed by atoms with Crippen molar-refractivity contribution in [2.24, 2.45) is 0 Å². The van der Waals surface area contributed by atoms with Gasteiger partial charge >= 0.3 is 0 Å². The molecule has 0 saturated heterocycles. The van der Waals surface area contributed by atoms with Gasteiger partial charge in [0.05, 0.1) is 11.0 Å². The zero-order valence-electron chi connectivity index (χ0n) is 17.8. The predicted molar refractivity (Wildman–Crippen MR) is 123 cm³/mol. The molecule has 3 aromatic heterocycles. The average molecular weight is 425 g/mol. The van der Waals surface area contributed by atoms with Gasteiger partial charge in [-0.1, -0.05) is 19.3 Å². The Kier molecular flexibility index (Phi) is 4.38. The second-order valence-corrected chi connectivity index (χ2v) is 8.61. The van der Waals surface area contributed by atoms with Crippen LogP contribution < -0.4 is 5.43 Å². The summed E-state index contributed by atoms with van der Waals surface area (Å²) in [6, 6.07) is 14.2. The smallest absolute Gasteiger partial charge is 0.204 e. The maximum Gasteiger partial charge on any atom is 0.204 e. The average Bonchev–Trinajstić information content (AvgIpc) is 3.47. The van der Waals surface area contributed by atoms with Crippen LogP contribution in [-0.4, -0.2) is 35.2 Å². The summed E-state index contributed by atoms with van der Waals surface area (Å²) in [6.07, 6.45) is 6.00. The number of H-pyrrole nitrogens is 2. The number of aryl methyl sites for hydroxylation is 1. The van der Waals surface area contributed by atoms with Crippen LogP contribution in [-0.2, 0) is 0 Å². The molecule has 0 radical (unpaired) electrons. The number of hydrogen-bond donors (Lipinski definition) is 2. The topological polar surface area (TPSA) is 105 Å². The van der Waals surface area contributed by atoms with Crippen molar-refractivity contribution in [2.75, 3.05) is 0 Å².